The Morgan fingerprint density at radius 3 is 2.63 bits per heavy atom. The smallest absolute Gasteiger partial charge is 0.115 e. The largest absolute Gasteiger partial charge is 0.508 e. The number of fused-ring (bicyclic) bond motifs is 5. The number of rotatable bonds is 4. The van der Waals surface area contributed by atoms with Gasteiger partial charge in [-0.1, -0.05) is 48.2 Å². The summed E-state index contributed by atoms with van der Waals surface area (Å²) in [6, 6.07) is 16.8. The summed E-state index contributed by atoms with van der Waals surface area (Å²) in [6.45, 7) is 4.49. The Labute approximate surface area is 228 Å². The molecule has 38 heavy (non-hydrogen) atoms. The molecule has 7 unspecified atom stereocenters. The lowest BCUT2D eigenvalue weighted by Crippen LogP contribution is -2.77. The molecule has 5 aliphatic rings. The molecular formula is C34H43NO3. The molecule has 4 nitrogen and oxygen atoms in total. The molecule has 202 valence electrons. The maximum atomic E-state index is 10.3. The highest BCUT2D eigenvalue weighted by Crippen LogP contribution is 2.62. The van der Waals surface area contributed by atoms with Gasteiger partial charge in [-0.3, -0.25) is 0 Å². The maximum Gasteiger partial charge on any atom is 0.115 e. The molecule has 2 heterocycles. The van der Waals surface area contributed by atoms with Crippen molar-refractivity contribution in [2.75, 3.05) is 6.61 Å². The standard InChI is InChI=1S/C34H43NO3/c1-32(2)30-15-16-34(38-32)28-13-11-25(19-23-7-4-3-5-8-23)27(21-28)20-26-12-14-29(37)22-24(26)9-6-10-31(34)33(30,35)17-18-36/h3-5,7-8,12,14,22,25,27-28,30-31,36-37H,9,11,13,15-21,35H2,1-2H3. The van der Waals surface area contributed by atoms with Crippen molar-refractivity contribution in [3.05, 3.63) is 65.2 Å². The number of aliphatic hydroxyl groups excluding tert-OH is 1. The zero-order valence-electron chi connectivity index (χ0n) is 23.0. The van der Waals surface area contributed by atoms with Crippen molar-refractivity contribution in [3.63, 3.8) is 0 Å². The van der Waals surface area contributed by atoms with E-state index in [9.17, 15) is 10.2 Å². The van der Waals surface area contributed by atoms with Crippen LogP contribution in [0.3, 0.4) is 0 Å². The SMILES string of the molecule is CC1(C)OC23CCC1C(N)(CCO)C2C#CCc1cc(O)ccc1CC1CC3CCC1Cc1ccccc1. The van der Waals surface area contributed by atoms with Crippen molar-refractivity contribution >= 4 is 0 Å². The summed E-state index contributed by atoms with van der Waals surface area (Å²) in [7, 11) is 0. The monoisotopic (exact) mass is 513 g/mol. The molecule has 7 atom stereocenters. The molecule has 2 aromatic carbocycles. The van der Waals surface area contributed by atoms with E-state index in [-0.39, 0.29) is 29.6 Å². The first kappa shape index (κ1) is 25.9. The molecule has 4 bridgehead atoms. The number of benzene rings is 2. The Hall–Kier alpha value is -2.32. The third-order valence-electron chi connectivity index (χ3n) is 10.7. The summed E-state index contributed by atoms with van der Waals surface area (Å²) >= 11 is 0. The summed E-state index contributed by atoms with van der Waals surface area (Å²) < 4.78 is 7.21. The highest BCUT2D eigenvalue weighted by atomic mass is 16.5. The first-order valence-electron chi connectivity index (χ1n) is 14.7. The third kappa shape index (κ3) is 4.28. The topological polar surface area (TPSA) is 75.7 Å². The summed E-state index contributed by atoms with van der Waals surface area (Å²) in [5.41, 5.74) is 9.91. The first-order valence-corrected chi connectivity index (χ1v) is 14.7. The van der Waals surface area contributed by atoms with Gasteiger partial charge in [0.05, 0.1) is 17.1 Å². The van der Waals surface area contributed by atoms with Gasteiger partial charge in [-0.2, -0.15) is 0 Å². The molecule has 4 heteroatoms. The number of hydrogen-bond acceptors (Lipinski definition) is 4. The van der Waals surface area contributed by atoms with Gasteiger partial charge in [0.2, 0.25) is 0 Å². The van der Waals surface area contributed by atoms with Crippen LogP contribution in [0.2, 0.25) is 0 Å². The van der Waals surface area contributed by atoms with E-state index in [4.69, 9.17) is 10.5 Å². The number of hydrogen-bond donors (Lipinski definition) is 3. The van der Waals surface area contributed by atoms with Crippen molar-refractivity contribution in [2.45, 2.75) is 88.4 Å². The van der Waals surface area contributed by atoms with Crippen molar-refractivity contribution < 1.29 is 14.9 Å². The first-order chi connectivity index (χ1) is 18.2. The van der Waals surface area contributed by atoms with Crippen LogP contribution in [0.5, 0.6) is 5.75 Å². The van der Waals surface area contributed by atoms with Gasteiger partial charge < -0.3 is 20.7 Å². The summed E-state index contributed by atoms with van der Waals surface area (Å²) in [5.74, 6) is 9.05. The molecule has 2 saturated heterocycles. The Balaban J connectivity index is 1.45. The van der Waals surface area contributed by atoms with E-state index >= 15 is 0 Å². The summed E-state index contributed by atoms with van der Waals surface area (Å²) in [6.07, 6.45) is 8.68. The van der Waals surface area contributed by atoms with Crippen LogP contribution in [0, 0.1) is 41.4 Å². The molecule has 2 aliphatic heterocycles. The van der Waals surface area contributed by atoms with Crippen molar-refractivity contribution in [3.8, 4) is 17.6 Å². The number of aliphatic hydroxyl groups is 1. The van der Waals surface area contributed by atoms with Crippen LogP contribution in [0.4, 0.5) is 0 Å². The Kier molecular flexibility index (Phi) is 6.62. The van der Waals surface area contributed by atoms with Gasteiger partial charge in [0.25, 0.3) is 0 Å². The van der Waals surface area contributed by atoms with Crippen LogP contribution >= 0.6 is 0 Å². The summed E-state index contributed by atoms with van der Waals surface area (Å²) in [4.78, 5) is 0. The second-order valence-electron chi connectivity index (χ2n) is 13.1. The van der Waals surface area contributed by atoms with Crippen LogP contribution in [-0.4, -0.2) is 33.6 Å². The van der Waals surface area contributed by atoms with Crippen LogP contribution in [0.1, 0.15) is 69.1 Å². The minimum absolute atomic E-state index is 0.0699. The van der Waals surface area contributed by atoms with Crippen LogP contribution in [-0.2, 0) is 24.0 Å². The van der Waals surface area contributed by atoms with Gasteiger partial charge in [0.15, 0.2) is 0 Å². The molecule has 3 aliphatic carbocycles. The van der Waals surface area contributed by atoms with Gasteiger partial charge >= 0.3 is 0 Å². The van der Waals surface area contributed by atoms with Crippen LogP contribution in [0.15, 0.2) is 48.5 Å². The maximum absolute atomic E-state index is 10.3. The van der Waals surface area contributed by atoms with Crippen LogP contribution in [0.25, 0.3) is 0 Å². The van der Waals surface area contributed by atoms with E-state index in [1.54, 1.807) is 0 Å². The molecule has 0 radical (unpaired) electrons. The molecular weight excluding hydrogens is 470 g/mol. The summed E-state index contributed by atoms with van der Waals surface area (Å²) in [5, 5.41) is 20.5. The molecule has 0 amide bonds. The highest BCUT2D eigenvalue weighted by molar-refractivity contribution is 5.39. The normalized spacial score (nSPS) is 37.2. The van der Waals surface area contributed by atoms with E-state index in [1.165, 1.54) is 17.5 Å². The molecule has 1 spiro atoms. The average Bonchev–Trinajstić information content (AvgIpc) is 2.89. The van der Waals surface area contributed by atoms with Crippen molar-refractivity contribution in [1.29, 1.82) is 0 Å². The quantitative estimate of drug-likeness (QED) is 0.477. The lowest BCUT2D eigenvalue weighted by Gasteiger charge is -2.68. The van der Waals surface area contributed by atoms with E-state index in [1.807, 2.05) is 12.1 Å². The zero-order valence-corrected chi connectivity index (χ0v) is 23.0. The predicted octanol–water partition coefficient (Wildman–Crippen LogP) is 5.42. The fourth-order valence-corrected chi connectivity index (χ4v) is 9.11. The fraction of sp³-hybridized carbons (Fsp3) is 0.588. The minimum Gasteiger partial charge on any atom is -0.508 e. The lowest BCUT2D eigenvalue weighted by molar-refractivity contribution is -0.306. The minimum atomic E-state index is -0.576. The second kappa shape index (κ2) is 9.70. The molecule has 0 aromatic heterocycles. The van der Waals surface area contributed by atoms with E-state index < -0.39 is 5.54 Å². The van der Waals surface area contributed by atoms with Gasteiger partial charge in [0.1, 0.15) is 5.75 Å². The molecule has 2 saturated carbocycles. The molecule has 4 fully saturated rings. The number of ether oxygens (including phenoxy) is 1. The molecule has 7 rings (SSSR count). The van der Waals surface area contributed by atoms with Crippen molar-refractivity contribution in [2.24, 2.45) is 35.3 Å². The van der Waals surface area contributed by atoms with E-state index in [0.717, 1.165) is 44.1 Å². The van der Waals surface area contributed by atoms with E-state index in [2.05, 4.69) is 62.1 Å². The predicted molar refractivity (Wildman–Crippen MR) is 150 cm³/mol. The fourth-order valence-electron chi connectivity index (χ4n) is 9.11. The van der Waals surface area contributed by atoms with Crippen molar-refractivity contribution in [1.82, 2.24) is 0 Å². The van der Waals surface area contributed by atoms with Crippen LogP contribution < -0.4 is 5.73 Å². The molecule has 2 aromatic rings. The van der Waals surface area contributed by atoms with Gasteiger partial charge in [-0.05, 0) is 112 Å². The van der Waals surface area contributed by atoms with E-state index in [0.29, 0.717) is 36.3 Å². The number of nitrogens with two attached hydrogens (primary N) is 1. The number of aromatic hydroxyl groups is 1. The Bertz CT molecular complexity index is 1230. The Morgan fingerprint density at radius 2 is 1.87 bits per heavy atom. The third-order valence-corrected chi connectivity index (χ3v) is 10.7. The average molecular weight is 514 g/mol. The lowest BCUT2D eigenvalue weighted by atomic mass is 9.48. The zero-order chi connectivity index (χ0) is 26.5. The Morgan fingerprint density at radius 1 is 1.05 bits per heavy atom. The highest BCUT2D eigenvalue weighted by Gasteiger charge is 2.68. The van der Waals surface area contributed by atoms with Gasteiger partial charge in [-0.25, -0.2) is 0 Å². The van der Waals surface area contributed by atoms with Gasteiger partial charge in [-0.15, -0.1) is 0 Å². The van der Waals surface area contributed by atoms with Gasteiger partial charge in [0, 0.05) is 24.5 Å². The number of phenolic OH excluding ortho intramolecular Hbond substituents is 1. The number of phenols is 1. The molecule has 4 N–H and O–H groups in total. The second-order valence-corrected chi connectivity index (χ2v) is 13.1.